The number of aliphatic hydroxyl groups excluding tert-OH is 1. The van der Waals surface area contributed by atoms with Crippen LogP contribution in [0.2, 0.25) is 0 Å². The van der Waals surface area contributed by atoms with E-state index in [0.29, 0.717) is 49.9 Å². The van der Waals surface area contributed by atoms with Crippen LogP contribution in [0.1, 0.15) is 23.5 Å². The Kier molecular flexibility index (Phi) is 5.10. The van der Waals surface area contributed by atoms with Gasteiger partial charge in [-0.25, -0.2) is 14.4 Å². The van der Waals surface area contributed by atoms with E-state index >= 15 is 0 Å². The van der Waals surface area contributed by atoms with Crippen LogP contribution in [0.25, 0.3) is 0 Å². The van der Waals surface area contributed by atoms with E-state index in [4.69, 9.17) is 0 Å². The average Bonchev–Trinajstić information content (AvgIpc) is 3.26. The highest BCUT2D eigenvalue weighted by molar-refractivity contribution is 7.10. The summed E-state index contributed by atoms with van der Waals surface area (Å²) in [5.74, 6) is 0.979. The highest BCUT2D eigenvalue weighted by atomic mass is 32.1. The molecule has 144 valence electrons. The van der Waals surface area contributed by atoms with Gasteiger partial charge in [-0.15, -0.1) is 11.3 Å². The van der Waals surface area contributed by atoms with Crippen molar-refractivity contribution in [2.45, 2.75) is 38.3 Å². The van der Waals surface area contributed by atoms with Crippen LogP contribution < -0.4 is 10.2 Å². The number of carbonyl (C=O) groups is 1. The molecule has 8 heteroatoms. The number of aryl methyl sites for hydroxylation is 1. The maximum absolute atomic E-state index is 14.1. The standard InChI is InChI=1S/C19H23FN4O2S/c1-11-21-8-15(20)19(22-11)24-9-12-5-16(17(25)6-13(12)10-24)23-18(26)7-14-3-2-4-27-14/h2-4,8,12-13,16-17,25H,5-7,9-10H2,1H3,(H,23,26)/t12-,13+,16-,17-/m0/s1. The SMILES string of the molecule is Cc1ncc(F)c(N2C[C@H]3C[C@H](O)[C@@H](NC(=O)Cc4cccs4)C[C@H]3C2)n1. The molecule has 2 fully saturated rings. The maximum Gasteiger partial charge on any atom is 0.225 e. The van der Waals surface area contributed by atoms with Gasteiger partial charge in [-0.1, -0.05) is 6.07 Å². The van der Waals surface area contributed by atoms with Crippen LogP contribution in [-0.2, 0) is 11.2 Å². The van der Waals surface area contributed by atoms with Crippen LogP contribution in [-0.4, -0.2) is 46.2 Å². The van der Waals surface area contributed by atoms with Gasteiger partial charge in [0, 0.05) is 18.0 Å². The fourth-order valence-electron chi connectivity index (χ4n) is 4.25. The maximum atomic E-state index is 14.1. The molecule has 2 aromatic rings. The lowest BCUT2D eigenvalue weighted by atomic mass is 9.77. The van der Waals surface area contributed by atoms with Crippen molar-refractivity contribution in [3.8, 4) is 0 Å². The van der Waals surface area contributed by atoms with Crippen molar-refractivity contribution in [2.24, 2.45) is 11.8 Å². The van der Waals surface area contributed by atoms with Crippen molar-refractivity contribution in [2.75, 3.05) is 18.0 Å². The molecule has 0 radical (unpaired) electrons. The van der Waals surface area contributed by atoms with E-state index in [1.165, 1.54) is 6.20 Å². The van der Waals surface area contributed by atoms with Crippen LogP contribution in [0.3, 0.4) is 0 Å². The average molecular weight is 390 g/mol. The fourth-order valence-corrected chi connectivity index (χ4v) is 4.96. The van der Waals surface area contributed by atoms with Gasteiger partial charge in [-0.2, -0.15) is 0 Å². The third-order valence-electron chi connectivity index (χ3n) is 5.55. The third-order valence-corrected chi connectivity index (χ3v) is 6.43. The molecule has 0 bridgehead atoms. The van der Waals surface area contributed by atoms with Gasteiger partial charge in [0.2, 0.25) is 5.91 Å². The molecule has 6 nitrogen and oxygen atoms in total. The second kappa shape index (κ2) is 7.52. The highest BCUT2D eigenvalue weighted by Crippen LogP contribution is 2.38. The minimum absolute atomic E-state index is 0.0627. The topological polar surface area (TPSA) is 78.4 Å². The first-order valence-electron chi connectivity index (χ1n) is 9.23. The number of nitrogens with one attached hydrogen (secondary N) is 1. The minimum Gasteiger partial charge on any atom is -0.391 e. The summed E-state index contributed by atoms with van der Waals surface area (Å²) in [5.41, 5.74) is 0. The molecule has 4 rings (SSSR count). The zero-order valence-electron chi connectivity index (χ0n) is 15.1. The summed E-state index contributed by atoms with van der Waals surface area (Å²) < 4.78 is 14.1. The number of thiophene rings is 1. The molecule has 1 amide bonds. The molecular formula is C19H23FN4O2S. The van der Waals surface area contributed by atoms with Gasteiger partial charge in [-0.3, -0.25) is 4.79 Å². The van der Waals surface area contributed by atoms with Crippen LogP contribution >= 0.6 is 11.3 Å². The van der Waals surface area contributed by atoms with Gasteiger partial charge < -0.3 is 15.3 Å². The minimum atomic E-state index is -0.574. The molecule has 0 spiro atoms. The number of hydrogen-bond donors (Lipinski definition) is 2. The lowest BCUT2D eigenvalue weighted by Crippen LogP contribution is -2.49. The van der Waals surface area contributed by atoms with Crippen LogP contribution in [0.15, 0.2) is 23.7 Å². The third kappa shape index (κ3) is 3.96. The van der Waals surface area contributed by atoms with E-state index in [9.17, 15) is 14.3 Å². The number of nitrogens with zero attached hydrogens (tertiary/aromatic N) is 3. The largest absolute Gasteiger partial charge is 0.391 e. The lowest BCUT2D eigenvalue weighted by Gasteiger charge is -2.35. The van der Waals surface area contributed by atoms with Gasteiger partial charge in [0.1, 0.15) is 5.82 Å². The Balaban J connectivity index is 1.40. The van der Waals surface area contributed by atoms with Gasteiger partial charge in [-0.05, 0) is 43.0 Å². The predicted molar refractivity (Wildman–Crippen MR) is 101 cm³/mol. The normalized spacial score (nSPS) is 27.4. The molecule has 4 atom stereocenters. The van der Waals surface area contributed by atoms with Crippen molar-refractivity contribution >= 4 is 23.1 Å². The summed E-state index contributed by atoms with van der Waals surface area (Å²) in [5, 5.41) is 15.5. The van der Waals surface area contributed by atoms with Crippen molar-refractivity contribution in [1.29, 1.82) is 0 Å². The number of aromatic nitrogens is 2. The summed E-state index contributed by atoms with van der Waals surface area (Å²) in [4.78, 5) is 23.4. The van der Waals surface area contributed by atoms with Gasteiger partial charge in [0.25, 0.3) is 0 Å². The number of hydrogen-bond acceptors (Lipinski definition) is 6. The first kappa shape index (κ1) is 18.3. The summed E-state index contributed by atoms with van der Waals surface area (Å²) in [6, 6.07) is 3.61. The molecule has 2 aromatic heterocycles. The summed E-state index contributed by atoms with van der Waals surface area (Å²) >= 11 is 1.55. The summed E-state index contributed by atoms with van der Waals surface area (Å²) in [6.45, 7) is 3.10. The van der Waals surface area contributed by atoms with Crippen LogP contribution in [0.4, 0.5) is 10.2 Å². The number of aliphatic hydroxyl groups is 1. The Hall–Kier alpha value is -2.06. The number of carbonyl (C=O) groups excluding carboxylic acids is 1. The number of anilines is 1. The zero-order chi connectivity index (χ0) is 19.0. The molecule has 1 saturated carbocycles. The molecule has 2 aliphatic rings. The van der Waals surface area contributed by atoms with E-state index in [-0.39, 0.29) is 17.9 Å². The molecule has 1 saturated heterocycles. The quantitative estimate of drug-likeness (QED) is 0.834. The van der Waals surface area contributed by atoms with Gasteiger partial charge >= 0.3 is 0 Å². The Morgan fingerprint density at radius 1 is 1.41 bits per heavy atom. The molecule has 0 aromatic carbocycles. The Bertz CT molecular complexity index is 816. The van der Waals surface area contributed by atoms with Crippen molar-refractivity contribution < 1.29 is 14.3 Å². The number of fused-ring (bicyclic) bond motifs is 1. The van der Waals surface area contributed by atoms with Crippen molar-refractivity contribution in [3.05, 3.63) is 40.2 Å². The smallest absolute Gasteiger partial charge is 0.225 e. The number of halogens is 1. The fraction of sp³-hybridized carbons (Fsp3) is 0.526. The molecule has 27 heavy (non-hydrogen) atoms. The van der Waals surface area contributed by atoms with Crippen molar-refractivity contribution in [1.82, 2.24) is 15.3 Å². The van der Waals surface area contributed by atoms with E-state index < -0.39 is 11.9 Å². The molecule has 0 unspecified atom stereocenters. The van der Waals surface area contributed by atoms with E-state index in [1.807, 2.05) is 22.4 Å². The molecule has 2 N–H and O–H groups in total. The molecule has 3 heterocycles. The first-order valence-corrected chi connectivity index (χ1v) is 10.1. The zero-order valence-corrected chi connectivity index (χ0v) is 16.0. The van der Waals surface area contributed by atoms with E-state index in [0.717, 1.165) is 4.88 Å². The summed E-state index contributed by atoms with van der Waals surface area (Å²) in [7, 11) is 0. The highest BCUT2D eigenvalue weighted by Gasteiger charge is 2.43. The van der Waals surface area contributed by atoms with Crippen LogP contribution in [0.5, 0.6) is 0 Å². The predicted octanol–water partition coefficient (Wildman–Crippen LogP) is 1.92. The molecule has 1 aliphatic heterocycles. The molecular weight excluding hydrogens is 367 g/mol. The molecule has 1 aliphatic carbocycles. The van der Waals surface area contributed by atoms with E-state index in [1.54, 1.807) is 18.3 Å². The van der Waals surface area contributed by atoms with Gasteiger partial charge in [0.15, 0.2) is 11.6 Å². The Morgan fingerprint density at radius 3 is 2.93 bits per heavy atom. The first-order chi connectivity index (χ1) is 13.0. The monoisotopic (exact) mass is 390 g/mol. The van der Waals surface area contributed by atoms with Gasteiger partial charge in [0.05, 0.1) is 24.8 Å². The second-order valence-corrected chi connectivity index (χ2v) is 8.52. The summed E-state index contributed by atoms with van der Waals surface area (Å²) in [6.07, 6.45) is 2.28. The Labute approximate surface area is 161 Å². The van der Waals surface area contributed by atoms with Crippen molar-refractivity contribution in [3.63, 3.8) is 0 Å². The Morgan fingerprint density at radius 2 is 2.19 bits per heavy atom. The second-order valence-electron chi connectivity index (χ2n) is 7.48. The lowest BCUT2D eigenvalue weighted by molar-refractivity contribution is -0.122. The van der Waals surface area contributed by atoms with E-state index in [2.05, 4.69) is 15.3 Å². The number of rotatable bonds is 4. The van der Waals surface area contributed by atoms with Crippen LogP contribution in [0, 0.1) is 24.6 Å². The number of amides is 1.